The van der Waals surface area contributed by atoms with Crippen LogP contribution in [0.25, 0.3) is 0 Å². The van der Waals surface area contributed by atoms with Crippen molar-refractivity contribution in [1.82, 2.24) is 14.7 Å². The molecule has 1 amide bonds. The van der Waals surface area contributed by atoms with E-state index in [4.69, 9.17) is 4.74 Å². The molecule has 0 N–H and O–H groups in total. The zero-order chi connectivity index (χ0) is 19.7. The number of carbonyl (C=O) groups is 1. The SMILES string of the molecule is COc1cccc([C@@H]2CCCN2C(=O)Cn2nc(C(C)C)c(F)c2C)c1C. The molecule has 0 saturated carbocycles. The summed E-state index contributed by atoms with van der Waals surface area (Å²) in [6, 6.07) is 5.98. The van der Waals surface area contributed by atoms with E-state index in [2.05, 4.69) is 11.2 Å². The molecule has 1 aromatic carbocycles. The Morgan fingerprint density at radius 1 is 1.37 bits per heavy atom. The second kappa shape index (κ2) is 7.71. The van der Waals surface area contributed by atoms with Crippen LogP contribution in [0.3, 0.4) is 0 Å². The molecule has 1 atom stereocenters. The highest BCUT2D eigenvalue weighted by Crippen LogP contribution is 2.36. The molecule has 0 bridgehead atoms. The number of halogens is 1. The standard InChI is InChI=1S/C21H28FN3O2/c1-13(2)21-20(22)15(4)25(23-21)12-19(26)24-11-7-9-17(24)16-8-6-10-18(27-5)14(16)3/h6,8,10,13,17H,7,9,11-12H2,1-5H3/t17-/m0/s1. The van der Waals surface area contributed by atoms with E-state index in [1.54, 1.807) is 14.0 Å². The summed E-state index contributed by atoms with van der Waals surface area (Å²) in [5, 5.41) is 4.34. The molecule has 0 radical (unpaired) electrons. The van der Waals surface area contributed by atoms with Crippen LogP contribution in [-0.4, -0.2) is 34.2 Å². The summed E-state index contributed by atoms with van der Waals surface area (Å²) in [4.78, 5) is 14.9. The Hall–Kier alpha value is -2.37. The zero-order valence-electron chi connectivity index (χ0n) is 16.8. The molecule has 0 aliphatic carbocycles. The van der Waals surface area contributed by atoms with Crippen LogP contribution in [0.5, 0.6) is 5.75 Å². The number of carbonyl (C=O) groups excluding carboxylic acids is 1. The maximum absolute atomic E-state index is 14.4. The number of hydrogen-bond donors (Lipinski definition) is 0. The fourth-order valence-corrected chi connectivity index (χ4v) is 3.89. The smallest absolute Gasteiger partial charge is 0.244 e. The van der Waals surface area contributed by atoms with E-state index in [-0.39, 0.29) is 30.2 Å². The molecule has 27 heavy (non-hydrogen) atoms. The van der Waals surface area contributed by atoms with Gasteiger partial charge in [-0.2, -0.15) is 5.10 Å². The lowest BCUT2D eigenvalue weighted by molar-refractivity contribution is -0.133. The van der Waals surface area contributed by atoms with Crippen LogP contribution in [0.1, 0.15) is 61.2 Å². The predicted molar refractivity (Wildman–Crippen MR) is 102 cm³/mol. The topological polar surface area (TPSA) is 47.4 Å². The fourth-order valence-electron chi connectivity index (χ4n) is 3.89. The molecule has 2 heterocycles. The molecule has 1 fully saturated rings. The first kappa shape index (κ1) is 19.4. The summed E-state index contributed by atoms with van der Waals surface area (Å²) in [5.41, 5.74) is 3.02. The minimum atomic E-state index is -0.306. The third-order valence-electron chi connectivity index (χ3n) is 5.47. The largest absolute Gasteiger partial charge is 0.496 e. The lowest BCUT2D eigenvalue weighted by Crippen LogP contribution is -2.34. The van der Waals surface area contributed by atoms with Gasteiger partial charge in [-0.05, 0) is 43.9 Å². The van der Waals surface area contributed by atoms with Crippen LogP contribution in [0.4, 0.5) is 4.39 Å². The molecule has 6 heteroatoms. The van der Waals surface area contributed by atoms with E-state index in [9.17, 15) is 9.18 Å². The molecule has 1 aromatic heterocycles. The van der Waals surface area contributed by atoms with Gasteiger partial charge in [0.1, 0.15) is 18.0 Å². The van der Waals surface area contributed by atoms with Gasteiger partial charge in [0.15, 0.2) is 5.82 Å². The van der Waals surface area contributed by atoms with Gasteiger partial charge in [0.25, 0.3) is 0 Å². The molecule has 2 aromatic rings. The average molecular weight is 373 g/mol. The van der Waals surface area contributed by atoms with E-state index in [0.717, 1.165) is 29.7 Å². The van der Waals surface area contributed by atoms with Crippen molar-refractivity contribution in [1.29, 1.82) is 0 Å². The first-order valence-corrected chi connectivity index (χ1v) is 9.50. The fraction of sp³-hybridized carbons (Fsp3) is 0.524. The van der Waals surface area contributed by atoms with Crippen molar-refractivity contribution in [2.75, 3.05) is 13.7 Å². The third-order valence-corrected chi connectivity index (χ3v) is 5.47. The summed E-state index contributed by atoms with van der Waals surface area (Å²) in [6.45, 7) is 8.28. The normalized spacial score (nSPS) is 17.0. The highest BCUT2D eigenvalue weighted by molar-refractivity contribution is 5.77. The number of aromatic nitrogens is 2. The molecule has 1 aliphatic rings. The van der Waals surface area contributed by atoms with Crippen molar-refractivity contribution < 1.29 is 13.9 Å². The van der Waals surface area contributed by atoms with Gasteiger partial charge in [-0.15, -0.1) is 0 Å². The molecule has 0 spiro atoms. The lowest BCUT2D eigenvalue weighted by Gasteiger charge is -2.27. The van der Waals surface area contributed by atoms with Crippen LogP contribution in [0.2, 0.25) is 0 Å². The minimum Gasteiger partial charge on any atom is -0.496 e. The Labute approximate surface area is 160 Å². The van der Waals surface area contributed by atoms with Gasteiger partial charge in [0.05, 0.1) is 18.8 Å². The Balaban J connectivity index is 1.84. The third kappa shape index (κ3) is 3.57. The highest BCUT2D eigenvalue weighted by atomic mass is 19.1. The van der Waals surface area contributed by atoms with Crippen molar-refractivity contribution in [2.24, 2.45) is 0 Å². The van der Waals surface area contributed by atoms with E-state index in [1.807, 2.05) is 37.8 Å². The van der Waals surface area contributed by atoms with Crippen LogP contribution < -0.4 is 4.74 Å². The van der Waals surface area contributed by atoms with Crippen LogP contribution in [-0.2, 0) is 11.3 Å². The Morgan fingerprint density at radius 3 is 2.74 bits per heavy atom. The summed E-state index contributed by atoms with van der Waals surface area (Å²) >= 11 is 0. The van der Waals surface area contributed by atoms with Crippen molar-refractivity contribution in [3.63, 3.8) is 0 Å². The number of methoxy groups -OCH3 is 1. The molecule has 146 valence electrons. The van der Waals surface area contributed by atoms with Gasteiger partial charge < -0.3 is 9.64 Å². The summed E-state index contributed by atoms with van der Waals surface area (Å²) < 4.78 is 21.3. The molecule has 5 nitrogen and oxygen atoms in total. The molecule has 1 saturated heterocycles. The van der Waals surface area contributed by atoms with E-state index in [0.29, 0.717) is 17.9 Å². The molecule has 3 rings (SSSR count). The number of ether oxygens (including phenoxy) is 1. The molecule has 0 unspecified atom stereocenters. The van der Waals surface area contributed by atoms with E-state index in [1.165, 1.54) is 4.68 Å². The van der Waals surface area contributed by atoms with Crippen LogP contribution >= 0.6 is 0 Å². The molecular formula is C21H28FN3O2. The Morgan fingerprint density at radius 2 is 2.11 bits per heavy atom. The zero-order valence-corrected chi connectivity index (χ0v) is 16.8. The highest BCUT2D eigenvalue weighted by Gasteiger charge is 2.32. The number of benzene rings is 1. The van der Waals surface area contributed by atoms with Crippen molar-refractivity contribution in [2.45, 2.75) is 59.0 Å². The lowest BCUT2D eigenvalue weighted by atomic mass is 9.98. The number of nitrogens with zero attached hydrogens (tertiary/aromatic N) is 3. The second-order valence-electron chi connectivity index (χ2n) is 7.52. The second-order valence-corrected chi connectivity index (χ2v) is 7.52. The summed E-state index contributed by atoms with van der Waals surface area (Å²) in [5.74, 6) is 0.484. The monoisotopic (exact) mass is 373 g/mol. The Bertz CT molecular complexity index is 844. The maximum atomic E-state index is 14.4. The van der Waals surface area contributed by atoms with E-state index >= 15 is 0 Å². The predicted octanol–water partition coefficient (Wildman–Crippen LogP) is 4.13. The minimum absolute atomic E-state index is 0.0148. The van der Waals surface area contributed by atoms with Crippen molar-refractivity contribution >= 4 is 5.91 Å². The number of likely N-dealkylation sites (tertiary alicyclic amines) is 1. The number of amides is 1. The van der Waals surface area contributed by atoms with Gasteiger partial charge in [-0.1, -0.05) is 26.0 Å². The quantitative estimate of drug-likeness (QED) is 0.792. The number of rotatable bonds is 5. The van der Waals surface area contributed by atoms with Crippen LogP contribution in [0.15, 0.2) is 18.2 Å². The number of hydrogen-bond acceptors (Lipinski definition) is 3. The van der Waals surface area contributed by atoms with Crippen molar-refractivity contribution in [3.8, 4) is 5.75 Å². The van der Waals surface area contributed by atoms with Gasteiger partial charge in [-0.3, -0.25) is 9.48 Å². The van der Waals surface area contributed by atoms with Crippen molar-refractivity contribution in [3.05, 3.63) is 46.5 Å². The summed E-state index contributed by atoms with van der Waals surface area (Å²) in [7, 11) is 1.66. The van der Waals surface area contributed by atoms with Crippen LogP contribution in [0, 0.1) is 19.7 Å². The van der Waals surface area contributed by atoms with E-state index < -0.39 is 0 Å². The first-order chi connectivity index (χ1) is 12.8. The molecule has 1 aliphatic heterocycles. The first-order valence-electron chi connectivity index (χ1n) is 9.50. The molecular weight excluding hydrogens is 345 g/mol. The summed E-state index contributed by atoms with van der Waals surface area (Å²) in [6.07, 6.45) is 1.88. The van der Waals surface area contributed by atoms with Gasteiger partial charge >= 0.3 is 0 Å². The average Bonchev–Trinajstić information content (AvgIpc) is 3.22. The maximum Gasteiger partial charge on any atom is 0.244 e. The van der Waals surface area contributed by atoms with Gasteiger partial charge in [0, 0.05) is 12.5 Å². The Kier molecular flexibility index (Phi) is 5.53. The van der Waals surface area contributed by atoms with Gasteiger partial charge in [0.2, 0.25) is 5.91 Å². The van der Waals surface area contributed by atoms with Gasteiger partial charge in [-0.25, -0.2) is 4.39 Å².